The molecule has 0 saturated carbocycles. The molecule has 0 N–H and O–H groups in total. The van der Waals surface area contributed by atoms with E-state index in [4.69, 9.17) is 0 Å². The van der Waals surface area contributed by atoms with Gasteiger partial charge in [-0.1, -0.05) is 0 Å². The summed E-state index contributed by atoms with van der Waals surface area (Å²) >= 11 is 2.72. The van der Waals surface area contributed by atoms with E-state index in [0.29, 0.717) is 5.41 Å². The van der Waals surface area contributed by atoms with Crippen LogP contribution in [0.25, 0.3) is 0 Å². The summed E-state index contributed by atoms with van der Waals surface area (Å²) in [6.07, 6.45) is 0. The monoisotopic (exact) mass is 98.1 g/mol. The first-order valence-corrected chi connectivity index (χ1v) is 3.08. The molecule has 0 aromatic rings. The van der Waals surface area contributed by atoms with Gasteiger partial charge in [0.2, 0.25) is 0 Å². The van der Waals surface area contributed by atoms with E-state index in [-0.39, 0.29) is 0 Å². The molecule has 0 fully saturated rings. The first-order valence-electron chi connectivity index (χ1n) is 2.26. The third kappa shape index (κ3) is 4.53. The maximum atomic E-state index is 2.72. The summed E-state index contributed by atoms with van der Waals surface area (Å²) in [5, 5.41) is 1.19. The summed E-state index contributed by atoms with van der Waals surface area (Å²) in [7, 11) is 0. The van der Waals surface area contributed by atoms with Crippen LogP contribution in [0.3, 0.4) is 0 Å². The topological polar surface area (TPSA) is 0 Å². The van der Waals surface area contributed by atoms with E-state index in [2.05, 4.69) is 37.1 Å². The van der Waals surface area contributed by atoms with E-state index >= 15 is 0 Å². The molecule has 0 radical (unpaired) electrons. The van der Waals surface area contributed by atoms with Crippen molar-refractivity contribution in [3.05, 3.63) is 0 Å². The molecule has 0 spiro atoms. The third-order valence-corrected chi connectivity index (χ3v) is 1.84. The normalized spacial score (nSPS) is 12.2. The predicted octanol–water partition coefficient (Wildman–Crippen LogP) is 1.62. The van der Waals surface area contributed by atoms with Gasteiger partial charge in [0.25, 0.3) is 0 Å². The molecule has 32 valence electrons. The molecule has 6 heavy (non-hydrogen) atoms. The van der Waals surface area contributed by atoms with E-state index < -0.39 is 0 Å². The Morgan fingerprint density at radius 3 is 1.50 bits per heavy atom. The molecule has 0 aliphatic rings. The van der Waals surface area contributed by atoms with Crippen LogP contribution in [-0.2, 0) is 0 Å². The molecular formula is C5H11Al+2. The van der Waals surface area contributed by atoms with Crippen molar-refractivity contribution in [2.75, 3.05) is 0 Å². The average Bonchev–Trinajstić information content (AvgIpc) is 1.35. The fourth-order valence-electron chi connectivity index (χ4n) is 0. The molecule has 0 aromatic carbocycles. The van der Waals surface area contributed by atoms with E-state index in [1.165, 1.54) is 5.28 Å². The molecule has 0 rings (SSSR count). The molecule has 0 unspecified atom stereocenters. The van der Waals surface area contributed by atoms with Crippen LogP contribution < -0.4 is 0 Å². The van der Waals surface area contributed by atoms with Crippen molar-refractivity contribution in [2.24, 2.45) is 5.41 Å². The zero-order valence-corrected chi connectivity index (χ0v) is 5.94. The van der Waals surface area contributed by atoms with Gasteiger partial charge in [-0.05, 0) is 0 Å². The van der Waals surface area contributed by atoms with Gasteiger partial charge < -0.3 is 0 Å². The predicted molar refractivity (Wildman–Crippen MR) is 30.0 cm³/mol. The van der Waals surface area contributed by atoms with Crippen LogP contribution in [0.4, 0.5) is 0 Å². The van der Waals surface area contributed by atoms with Crippen LogP contribution in [0.2, 0.25) is 5.28 Å². The van der Waals surface area contributed by atoms with Gasteiger partial charge in [-0.3, -0.25) is 0 Å². The van der Waals surface area contributed by atoms with Crippen molar-refractivity contribution >= 4 is 16.3 Å². The van der Waals surface area contributed by atoms with Gasteiger partial charge in [0.05, 0.1) is 0 Å². The van der Waals surface area contributed by atoms with Crippen molar-refractivity contribution < 1.29 is 0 Å². The molecule has 0 aromatic heterocycles. The van der Waals surface area contributed by atoms with Crippen LogP contribution in [0.15, 0.2) is 0 Å². The van der Waals surface area contributed by atoms with Crippen molar-refractivity contribution in [3.8, 4) is 0 Å². The Labute approximate surface area is 48.4 Å². The zero-order valence-electron chi connectivity index (χ0n) is 4.78. The second-order valence-electron chi connectivity index (χ2n) is 2.76. The minimum atomic E-state index is 0.505. The third-order valence-electron chi connectivity index (χ3n) is 0.612. The van der Waals surface area contributed by atoms with Crippen LogP contribution in [0, 0.1) is 5.41 Å². The Bertz CT molecular complexity index is 33.7. The van der Waals surface area contributed by atoms with E-state index in [9.17, 15) is 0 Å². The maximum absolute atomic E-state index is 2.72. The molecule has 1 heteroatoms. The van der Waals surface area contributed by atoms with E-state index in [1.54, 1.807) is 0 Å². The Kier molecular flexibility index (Phi) is 2.18. The number of hydrogen-bond acceptors (Lipinski definition) is 0. The first kappa shape index (κ1) is 6.53. The summed E-state index contributed by atoms with van der Waals surface area (Å²) < 4.78 is 0. The molecule has 0 nitrogen and oxygen atoms in total. The van der Waals surface area contributed by atoms with Gasteiger partial charge in [0, 0.05) is 0 Å². The molecule has 0 saturated heterocycles. The van der Waals surface area contributed by atoms with E-state index in [0.717, 1.165) is 0 Å². The summed E-state index contributed by atoms with van der Waals surface area (Å²) in [6, 6.07) is 0. The second-order valence-corrected chi connectivity index (χ2v) is 3.17. The summed E-state index contributed by atoms with van der Waals surface area (Å²) in [5.74, 6) is 0. The summed E-state index contributed by atoms with van der Waals surface area (Å²) in [5.41, 5.74) is 0.505. The second kappa shape index (κ2) is 2.00. The fourth-order valence-corrected chi connectivity index (χ4v) is 0. The van der Waals surface area contributed by atoms with Crippen LogP contribution in [0.1, 0.15) is 20.8 Å². The standard InChI is InChI=1S/C5H11.Al/c1-5(2,3)4;/h1H2,2-4H3;/q;+2. The Morgan fingerprint density at radius 1 is 1.33 bits per heavy atom. The van der Waals surface area contributed by atoms with Gasteiger partial charge in [-0.2, -0.15) is 0 Å². The van der Waals surface area contributed by atoms with Crippen LogP contribution >= 0.6 is 0 Å². The fraction of sp³-hybridized carbons (Fsp3) is 1.00. The van der Waals surface area contributed by atoms with Gasteiger partial charge in [0.1, 0.15) is 0 Å². The summed E-state index contributed by atoms with van der Waals surface area (Å²) in [4.78, 5) is 0. The van der Waals surface area contributed by atoms with Crippen molar-refractivity contribution in [1.29, 1.82) is 0 Å². The van der Waals surface area contributed by atoms with Gasteiger partial charge in [-0.25, -0.2) is 0 Å². The van der Waals surface area contributed by atoms with Crippen molar-refractivity contribution in [2.45, 2.75) is 26.1 Å². The van der Waals surface area contributed by atoms with E-state index in [1.807, 2.05) is 0 Å². The quantitative estimate of drug-likeness (QED) is 0.404. The molecule has 0 aliphatic carbocycles. The Morgan fingerprint density at radius 2 is 1.50 bits per heavy atom. The van der Waals surface area contributed by atoms with Gasteiger partial charge in [-0.15, -0.1) is 0 Å². The minimum absolute atomic E-state index is 0.505. The number of hydrogen-bond donors (Lipinski definition) is 0. The van der Waals surface area contributed by atoms with Crippen molar-refractivity contribution in [1.82, 2.24) is 0 Å². The molecule has 0 bridgehead atoms. The SMILES string of the molecule is CC(C)(C)[CH2][Al+2]. The molecule has 0 heterocycles. The van der Waals surface area contributed by atoms with Crippen molar-refractivity contribution in [3.63, 3.8) is 0 Å². The average molecular weight is 98.1 g/mol. The Hall–Kier alpha value is 0.532. The molecule has 0 amide bonds. The molecular weight excluding hydrogens is 87.0 g/mol. The molecule has 0 atom stereocenters. The van der Waals surface area contributed by atoms with Crippen LogP contribution in [0.5, 0.6) is 0 Å². The first-order chi connectivity index (χ1) is 2.56. The number of rotatable bonds is 0. The Balaban J connectivity index is 3.17. The zero-order chi connectivity index (χ0) is 5.21. The molecule has 0 aliphatic heterocycles. The van der Waals surface area contributed by atoms with Gasteiger partial charge >= 0.3 is 47.8 Å². The van der Waals surface area contributed by atoms with Crippen LogP contribution in [-0.4, -0.2) is 16.3 Å². The van der Waals surface area contributed by atoms with Gasteiger partial charge in [0.15, 0.2) is 0 Å². The summed E-state index contributed by atoms with van der Waals surface area (Å²) in [6.45, 7) is 6.67.